The largest absolute Gasteiger partial charge is 0.417 e. The van der Waals surface area contributed by atoms with Crippen molar-refractivity contribution < 1.29 is 18.0 Å². The molecule has 0 saturated heterocycles. The topological polar surface area (TPSA) is 30.0 Å². The number of hydrogen-bond acceptors (Lipinski definition) is 2. The van der Waals surface area contributed by atoms with E-state index in [-0.39, 0.29) is 5.15 Å². The van der Waals surface area contributed by atoms with Crippen LogP contribution in [0.5, 0.6) is 0 Å². The number of carbonyl (C=O) groups excluding carboxylic acids is 1. The molecule has 1 heterocycles. The molecular formula is C7H5ClF3NO. The lowest BCUT2D eigenvalue weighted by Crippen LogP contribution is -2.04. The average molecular weight is 212 g/mol. The fourth-order valence-corrected chi connectivity index (χ4v) is 0.655. The summed E-state index contributed by atoms with van der Waals surface area (Å²) in [7, 11) is 0. The molecule has 1 rings (SSSR count). The molecule has 2 nitrogen and oxygen atoms in total. The molecule has 0 aliphatic heterocycles. The van der Waals surface area contributed by atoms with Gasteiger partial charge in [-0.05, 0) is 12.1 Å². The van der Waals surface area contributed by atoms with Crippen LogP contribution in [0.4, 0.5) is 13.2 Å². The summed E-state index contributed by atoms with van der Waals surface area (Å²) in [4.78, 5) is 11.3. The van der Waals surface area contributed by atoms with Gasteiger partial charge in [0.15, 0.2) is 0 Å². The smallest absolute Gasteiger partial charge is 0.307 e. The molecule has 1 aromatic rings. The maximum atomic E-state index is 11.8. The molecule has 0 radical (unpaired) electrons. The molecule has 0 spiro atoms. The molecule has 0 saturated carbocycles. The van der Waals surface area contributed by atoms with Crippen molar-refractivity contribution in [3.8, 4) is 0 Å². The van der Waals surface area contributed by atoms with E-state index in [1.54, 1.807) is 0 Å². The van der Waals surface area contributed by atoms with E-state index in [1.807, 2.05) is 6.79 Å². The van der Waals surface area contributed by atoms with E-state index in [0.717, 1.165) is 12.1 Å². The third-order valence-electron chi connectivity index (χ3n) is 1.05. The Bertz CT molecular complexity index is 259. The van der Waals surface area contributed by atoms with E-state index in [9.17, 15) is 13.2 Å². The van der Waals surface area contributed by atoms with Gasteiger partial charge >= 0.3 is 6.18 Å². The molecule has 0 unspecified atom stereocenters. The van der Waals surface area contributed by atoms with Crippen LogP contribution in [0.25, 0.3) is 0 Å². The normalized spacial score (nSPS) is 10.2. The Kier molecular flexibility index (Phi) is 4.40. The van der Waals surface area contributed by atoms with Gasteiger partial charge in [0.2, 0.25) is 0 Å². The van der Waals surface area contributed by atoms with Gasteiger partial charge < -0.3 is 4.79 Å². The van der Waals surface area contributed by atoms with E-state index >= 15 is 0 Å². The average Bonchev–Trinajstić information content (AvgIpc) is 2.07. The number of carbonyl (C=O) groups is 1. The number of nitrogens with zero attached hydrogens (tertiary/aromatic N) is 1. The summed E-state index contributed by atoms with van der Waals surface area (Å²) < 4.78 is 35.5. The first-order valence-electron chi connectivity index (χ1n) is 2.98. The molecule has 0 bridgehead atoms. The van der Waals surface area contributed by atoms with E-state index < -0.39 is 11.7 Å². The van der Waals surface area contributed by atoms with Gasteiger partial charge in [-0.3, -0.25) is 0 Å². The fraction of sp³-hybridized carbons (Fsp3) is 0.143. The van der Waals surface area contributed by atoms with Crippen LogP contribution in [-0.4, -0.2) is 11.8 Å². The summed E-state index contributed by atoms with van der Waals surface area (Å²) in [5.41, 5.74) is -0.790. The first kappa shape index (κ1) is 11.9. The molecule has 0 amide bonds. The molecule has 1 aromatic heterocycles. The zero-order valence-corrected chi connectivity index (χ0v) is 7.06. The number of hydrogen-bond donors (Lipinski definition) is 0. The van der Waals surface area contributed by atoms with E-state index in [0.29, 0.717) is 6.20 Å². The zero-order chi connectivity index (χ0) is 10.5. The Balaban J connectivity index is 0.000000671. The van der Waals surface area contributed by atoms with Crippen LogP contribution in [0, 0.1) is 0 Å². The third kappa shape index (κ3) is 3.89. The first-order chi connectivity index (χ1) is 6.00. The quantitative estimate of drug-likeness (QED) is 0.618. The molecule has 6 heteroatoms. The number of alkyl halides is 3. The monoisotopic (exact) mass is 211 g/mol. The van der Waals surface area contributed by atoms with Gasteiger partial charge in [-0.2, -0.15) is 13.2 Å². The van der Waals surface area contributed by atoms with Crippen LogP contribution in [0.3, 0.4) is 0 Å². The molecule has 0 aliphatic carbocycles. The van der Waals surface area contributed by atoms with Crippen molar-refractivity contribution in [3.63, 3.8) is 0 Å². The fourth-order valence-electron chi connectivity index (χ4n) is 0.544. The molecule has 0 aromatic carbocycles. The Morgan fingerprint density at radius 1 is 1.31 bits per heavy atom. The van der Waals surface area contributed by atoms with E-state index in [2.05, 4.69) is 4.98 Å². The molecular weight excluding hydrogens is 207 g/mol. The lowest BCUT2D eigenvalue weighted by atomic mass is 10.3. The van der Waals surface area contributed by atoms with Crippen LogP contribution in [0.15, 0.2) is 18.3 Å². The van der Waals surface area contributed by atoms with Gasteiger partial charge in [-0.1, -0.05) is 11.6 Å². The highest BCUT2D eigenvalue weighted by atomic mass is 35.5. The number of pyridine rings is 1. The van der Waals surface area contributed by atoms with Crippen LogP contribution < -0.4 is 0 Å². The second kappa shape index (κ2) is 4.81. The molecule has 0 aliphatic rings. The van der Waals surface area contributed by atoms with Crippen molar-refractivity contribution >= 4 is 18.4 Å². The Morgan fingerprint density at radius 2 is 1.85 bits per heavy atom. The standard InChI is InChI=1S/C6H3ClF3N.CH2O/c7-5-2-1-4(3-11-5)6(8,9)10;1-2/h1-3H;1H2. The minimum Gasteiger partial charge on any atom is -0.307 e. The lowest BCUT2D eigenvalue weighted by Gasteiger charge is -2.04. The SMILES string of the molecule is C=O.FC(F)(F)c1ccc(Cl)nc1. The first-order valence-corrected chi connectivity index (χ1v) is 3.35. The van der Waals surface area contributed by atoms with Crippen molar-refractivity contribution in [2.45, 2.75) is 6.18 Å². The predicted octanol–water partition coefficient (Wildman–Crippen LogP) is 2.57. The Hall–Kier alpha value is -1.10. The highest BCUT2D eigenvalue weighted by Gasteiger charge is 2.30. The Morgan fingerprint density at radius 3 is 2.15 bits per heavy atom. The van der Waals surface area contributed by atoms with Crippen LogP contribution >= 0.6 is 11.6 Å². The van der Waals surface area contributed by atoms with Crippen molar-refractivity contribution in [1.29, 1.82) is 0 Å². The maximum Gasteiger partial charge on any atom is 0.417 e. The predicted molar refractivity (Wildman–Crippen MR) is 41.4 cm³/mol. The number of halogens is 4. The second-order valence-corrected chi connectivity index (χ2v) is 2.25. The zero-order valence-electron chi connectivity index (χ0n) is 6.31. The van der Waals surface area contributed by atoms with Gasteiger partial charge in [-0.15, -0.1) is 0 Å². The van der Waals surface area contributed by atoms with Gasteiger partial charge in [-0.25, -0.2) is 4.98 Å². The van der Waals surface area contributed by atoms with Crippen molar-refractivity contribution in [2.24, 2.45) is 0 Å². The highest BCUT2D eigenvalue weighted by molar-refractivity contribution is 6.29. The van der Waals surface area contributed by atoms with Gasteiger partial charge in [0, 0.05) is 6.20 Å². The van der Waals surface area contributed by atoms with Crippen LogP contribution in [0.2, 0.25) is 5.15 Å². The minimum atomic E-state index is -4.34. The maximum absolute atomic E-state index is 11.8. The van der Waals surface area contributed by atoms with E-state index in [4.69, 9.17) is 16.4 Å². The summed E-state index contributed by atoms with van der Waals surface area (Å²) >= 11 is 5.28. The highest BCUT2D eigenvalue weighted by Crippen LogP contribution is 2.28. The van der Waals surface area contributed by atoms with E-state index in [1.165, 1.54) is 0 Å². The lowest BCUT2D eigenvalue weighted by molar-refractivity contribution is -0.137. The van der Waals surface area contributed by atoms with Gasteiger partial charge in [0.05, 0.1) is 5.56 Å². The molecule has 0 N–H and O–H groups in total. The molecule has 0 atom stereocenters. The van der Waals surface area contributed by atoms with Crippen molar-refractivity contribution in [2.75, 3.05) is 0 Å². The van der Waals surface area contributed by atoms with Crippen LogP contribution in [0.1, 0.15) is 5.56 Å². The number of aromatic nitrogens is 1. The summed E-state index contributed by atoms with van der Waals surface area (Å²) in [6.45, 7) is 2.00. The summed E-state index contributed by atoms with van der Waals surface area (Å²) in [5.74, 6) is 0. The molecule has 72 valence electrons. The second-order valence-electron chi connectivity index (χ2n) is 1.87. The van der Waals surface area contributed by atoms with Gasteiger partial charge in [0.25, 0.3) is 0 Å². The summed E-state index contributed by atoms with van der Waals surface area (Å²) in [6.07, 6.45) is -3.64. The Labute approximate surface area is 77.3 Å². The minimum absolute atomic E-state index is 0.0537. The number of rotatable bonds is 0. The summed E-state index contributed by atoms with van der Waals surface area (Å²) in [6, 6.07) is 1.99. The van der Waals surface area contributed by atoms with Crippen molar-refractivity contribution in [1.82, 2.24) is 4.98 Å². The molecule has 13 heavy (non-hydrogen) atoms. The van der Waals surface area contributed by atoms with Gasteiger partial charge in [0.1, 0.15) is 11.9 Å². The summed E-state index contributed by atoms with van der Waals surface area (Å²) in [5, 5.41) is 0.0537. The third-order valence-corrected chi connectivity index (χ3v) is 1.28. The van der Waals surface area contributed by atoms with Crippen LogP contribution in [-0.2, 0) is 11.0 Å². The molecule has 0 fully saturated rings. The van der Waals surface area contributed by atoms with Crippen molar-refractivity contribution in [3.05, 3.63) is 29.0 Å².